The van der Waals surface area contributed by atoms with E-state index in [1.54, 1.807) is 6.07 Å². The molecule has 30 heavy (non-hydrogen) atoms. The standard InChI is InChI=1S/C21H30N4O4S/c26-21(19-10-20(29-23-19)13-11-28-12-13)22-14-8-17-6-7-18(9-14)25(17)30(27)24-15-2-1-3-16(24)5-4-15/h10,13-18H,1-9,11-12H2,(H,22,26). The molecule has 0 radical (unpaired) electrons. The zero-order valence-electron chi connectivity index (χ0n) is 17.2. The van der Waals surface area contributed by atoms with Crippen molar-refractivity contribution < 1.29 is 18.3 Å². The first-order chi connectivity index (χ1) is 14.7. The van der Waals surface area contributed by atoms with E-state index in [2.05, 4.69) is 19.1 Å². The molecule has 0 saturated carbocycles. The Morgan fingerprint density at radius 1 is 1.00 bits per heavy atom. The van der Waals surface area contributed by atoms with E-state index in [1.165, 1.54) is 32.1 Å². The molecular weight excluding hydrogens is 404 g/mol. The molecule has 5 unspecified atom stereocenters. The first-order valence-electron chi connectivity index (χ1n) is 11.5. The average Bonchev–Trinajstić information content (AvgIpc) is 3.34. The summed E-state index contributed by atoms with van der Waals surface area (Å²) in [5, 5.41) is 7.12. The third-order valence-corrected chi connectivity index (χ3v) is 9.70. The van der Waals surface area contributed by atoms with Crippen LogP contribution in [0.15, 0.2) is 10.6 Å². The van der Waals surface area contributed by atoms with Crippen molar-refractivity contribution in [2.24, 2.45) is 0 Å². The number of fused-ring (bicyclic) bond motifs is 4. The normalized spacial score (nSPS) is 37.8. The van der Waals surface area contributed by atoms with Gasteiger partial charge in [0.25, 0.3) is 5.91 Å². The van der Waals surface area contributed by atoms with Gasteiger partial charge in [0.2, 0.25) is 0 Å². The molecule has 9 heteroatoms. The summed E-state index contributed by atoms with van der Waals surface area (Å²) in [4.78, 5) is 12.7. The monoisotopic (exact) mass is 434 g/mol. The fraction of sp³-hybridized carbons (Fsp3) is 0.810. The Balaban J connectivity index is 1.10. The van der Waals surface area contributed by atoms with Gasteiger partial charge in [-0.1, -0.05) is 11.6 Å². The number of carbonyl (C=O) groups excluding carboxylic acids is 1. The zero-order chi connectivity index (χ0) is 20.2. The van der Waals surface area contributed by atoms with Gasteiger partial charge in [0, 0.05) is 36.3 Å². The predicted molar refractivity (Wildman–Crippen MR) is 110 cm³/mol. The molecule has 0 aromatic carbocycles. The topological polar surface area (TPSA) is 87.9 Å². The Kier molecular flexibility index (Phi) is 4.97. The van der Waals surface area contributed by atoms with Gasteiger partial charge in [-0.25, -0.2) is 12.8 Å². The second-order valence-electron chi connectivity index (χ2n) is 9.64. The van der Waals surface area contributed by atoms with Crippen LogP contribution >= 0.6 is 0 Å². The maximum Gasteiger partial charge on any atom is 0.273 e. The molecule has 6 rings (SSSR count). The second-order valence-corrected chi connectivity index (χ2v) is 10.9. The summed E-state index contributed by atoms with van der Waals surface area (Å²) in [5.41, 5.74) is 0.347. The lowest BCUT2D eigenvalue weighted by molar-refractivity contribution is -0.00228. The van der Waals surface area contributed by atoms with Crippen molar-refractivity contribution in [2.45, 2.75) is 93.9 Å². The van der Waals surface area contributed by atoms with Gasteiger partial charge in [0.05, 0.1) is 19.1 Å². The minimum atomic E-state index is -1.03. The fourth-order valence-corrected chi connectivity index (χ4v) is 8.23. The van der Waals surface area contributed by atoms with Gasteiger partial charge in [0.1, 0.15) is 5.76 Å². The number of ether oxygens (including phenoxy) is 1. The molecule has 5 saturated heterocycles. The lowest BCUT2D eigenvalue weighted by atomic mass is 9.99. The number of piperidine rings is 2. The predicted octanol–water partition coefficient (Wildman–Crippen LogP) is 2.11. The van der Waals surface area contributed by atoms with Crippen molar-refractivity contribution in [1.82, 2.24) is 19.1 Å². The molecule has 0 spiro atoms. The van der Waals surface area contributed by atoms with E-state index in [4.69, 9.17) is 9.26 Å². The van der Waals surface area contributed by atoms with Gasteiger partial charge in [-0.2, -0.15) is 0 Å². The number of hydrogen-bond donors (Lipinski definition) is 1. The molecule has 0 aliphatic carbocycles. The number of carbonyl (C=O) groups is 1. The van der Waals surface area contributed by atoms with Crippen molar-refractivity contribution in [3.8, 4) is 0 Å². The number of rotatable bonds is 5. The Hall–Kier alpha value is -1.29. The summed E-state index contributed by atoms with van der Waals surface area (Å²) in [7, 11) is 0. The maximum absolute atomic E-state index is 13.6. The first kappa shape index (κ1) is 19.4. The highest BCUT2D eigenvalue weighted by Crippen LogP contribution is 2.42. The zero-order valence-corrected chi connectivity index (χ0v) is 18.0. The largest absolute Gasteiger partial charge is 0.380 e. The quantitative estimate of drug-likeness (QED) is 0.767. The van der Waals surface area contributed by atoms with Crippen LogP contribution in [0.1, 0.15) is 80.0 Å². The van der Waals surface area contributed by atoms with Crippen LogP contribution in [0.25, 0.3) is 0 Å². The molecular formula is C21H30N4O4S. The highest BCUT2D eigenvalue weighted by Gasteiger charge is 2.49. The van der Waals surface area contributed by atoms with Crippen molar-refractivity contribution in [1.29, 1.82) is 0 Å². The lowest BCUT2D eigenvalue weighted by Gasteiger charge is -2.43. The van der Waals surface area contributed by atoms with Gasteiger partial charge >= 0.3 is 0 Å². The van der Waals surface area contributed by atoms with Crippen LogP contribution < -0.4 is 5.32 Å². The van der Waals surface area contributed by atoms with Gasteiger partial charge in [-0.15, -0.1) is 0 Å². The molecule has 1 aromatic heterocycles. The van der Waals surface area contributed by atoms with E-state index >= 15 is 0 Å². The van der Waals surface area contributed by atoms with Crippen molar-refractivity contribution in [3.63, 3.8) is 0 Å². The molecule has 5 aliphatic rings. The summed E-state index contributed by atoms with van der Waals surface area (Å²) in [6.07, 6.45) is 9.92. The molecule has 4 bridgehead atoms. The summed E-state index contributed by atoms with van der Waals surface area (Å²) < 4.78 is 28.7. The maximum atomic E-state index is 13.6. The summed E-state index contributed by atoms with van der Waals surface area (Å²) in [6, 6.07) is 3.43. The number of nitrogens with zero attached hydrogens (tertiary/aromatic N) is 3. The van der Waals surface area contributed by atoms with E-state index in [0.717, 1.165) is 31.4 Å². The van der Waals surface area contributed by atoms with Gasteiger partial charge in [-0.3, -0.25) is 4.79 Å². The third kappa shape index (κ3) is 3.25. The van der Waals surface area contributed by atoms with E-state index in [0.29, 0.717) is 31.0 Å². The smallest absolute Gasteiger partial charge is 0.273 e. The van der Waals surface area contributed by atoms with Crippen LogP contribution in [0.2, 0.25) is 0 Å². The van der Waals surface area contributed by atoms with Crippen LogP contribution in [0, 0.1) is 0 Å². The van der Waals surface area contributed by atoms with Gasteiger partial charge in [0.15, 0.2) is 16.9 Å². The van der Waals surface area contributed by atoms with Gasteiger partial charge in [-0.05, 0) is 51.4 Å². The van der Waals surface area contributed by atoms with Crippen LogP contribution in [0.5, 0.6) is 0 Å². The lowest BCUT2D eigenvalue weighted by Crippen LogP contribution is -2.55. The highest BCUT2D eigenvalue weighted by atomic mass is 32.2. The molecule has 5 aliphatic heterocycles. The number of aromatic nitrogens is 1. The third-order valence-electron chi connectivity index (χ3n) is 7.79. The fourth-order valence-electron chi connectivity index (χ4n) is 6.19. The van der Waals surface area contributed by atoms with Crippen LogP contribution in [0.3, 0.4) is 0 Å². The molecule has 1 N–H and O–H groups in total. The van der Waals surface area contributed by atoms with Crippen LogP contribution in [0.4, 0.5) is 0 Å². The van der Waals surface area contributed by atoms with E-state index < -0.39 is 11.2 Å². The average molecular weight is 435 g/mol. The minimum absolute atomic E-state index is 0.105. The van der Waals surface area contributed by atoms with Crippen molar-refractivity contribution in [3.05, 3.63) is 17.5 Å². The summed E-state index contributed by atoms with van der Waals surface area (Å²) in [6.45, 7) is 1.27. The van der Waals surface area contributed by atoms with Crippen molar-refractivity contribution >= 4 is 17.1 Å². The van der Waals surface area contributed by atoms with Gasteiger partial charge < -0.3 is 14.6 Å². The molecule has 6 heterocycles. The van der Waals surface area contributed by atoms with Crippen LogP contribution in [-0.2, 0) is 15.9 Å². The van der Waals surface area contributed by atoms with Crippen molar-refractivity contribution in [2.75, 3.05) is 13.2 Å². The summed E-state index contributed by atoms with van der Waals surface area (Å²) in [5.74, 6) is 0.782. The SMILES string of the molecule is O=C(NC1CC2CCC(C1)N2S(=O)N1C2CCCC1CC2)c1cc(C2COC2)on1. The summed E-state index contributed by atoms with van der Waals surface area (Å²) >= 11 is -1.03. The van der Waals surface area contributed by atoms with Crippen LogP contribution in [-0.4, -0.2) is 67.3 Å². The second kappa shape index (κ2) is 7.69. The number of hydrogen-bond acceptors (Lipinski definition) is 5. The van der Waals surface area contributed by atoms with E-state index in [-0.39, 0.29) is 30.0 Å². The Morgan fingerprint density at radius 3 is 2.27 bits per heavy atom. The van der Waals surface area contributed by atoms with E-state index in [1.807, 2.05) is 0 Å². The first-order valence-corrected chi connectivity index (χ1v) is 12.6. The molecule has 5 atom stereocenters. The Bertz CT molecular complexity index is 813. The molecule has 5 fully saturated rings. The molecule has 164 valence electrons. The Labute approximate surface area is 179 Å². The molecule has 8 nitrogen and oxygen atoms in total. The minimum Gasteiger partial charge on any atom is -0.380 e. The molecule has 1 amide bonds. The van der Waals surface area contributed by atoms with E-state index in [9.17, 15) is 9.00 Å². The number of amides is 1. The number of nitrogens with one attached hydrogen (secondary N) is 1. The highest BCUT2D eigenvalue weighted by molar-refractivity contribution is 7.80. The Morgan fingerprint density at radius 2 is 1.63 bits per heavy atom. The molecule has 1 aromatic rings.